The summed E-state index contributed by atoms with van der Waals surface area (Å²) in [5.41, 5.74) is -0.127. The highest BCUT2D eigenvalue weighted by Gasteiger charge is 2.34. The van der Waals surface area contributed by atoms with Crippen molar-refractivity contribution in [2.75, 3.05) is 26.2 Å². The molecule has 0 unspecified atom stereocenters. The molecule has 4 heteroatoms. The normalized spacial score (nSPS) is 24.6. The molecule has 0 radical (unpaired) electrons. The van der Waals surface area contributed by atoms with Crippen LogP contribution in [0, 0.1) is 5.41 Å². The molecule has 0 aromatic heterocycles. The number of piperidine rings is 1. The Bertz CT molecular complexity index is 314. The fourth-order valence-electron chi connectivity index (χ4n) is 3.10. The first-order chi connectivity index (χ1) is 9.36. The van der Waals surface area contributed by atoms with Gasteiger partial charge < -0.3 is 10.4 Å². The van der Waals surface area contributed by atoms with Gasteiger partial charge in [-0.1, -0.05) is 20.3 Å². The van der Waals surface area contributed by atoms with Crippen molar-refractivity contribution in [3.8, 4) is 0 Å². The van der Waals surface area contributed by atoms with E-state index in [9.17, 15) is 9.90 Å². The Hall–Kier alpha value is -0.610. The van der Waals surface area contributed by atoms with Gasteiger partial charge in [-0.2, -0.15) is 0 Å². The summed E-state index contributed by atoms with van der Waals surface area (Å²) >= 11 is 0. The van der Waals surface area contributed by atoms with E-state index >= 15 is 0 Å². The Morgan fingerprint density at radius 1 is 1.40 bits per heavy atom. The monoisotopic (exact) mass is 284 g/mol. The lowest BCUT2D eigenvalue weighted by molar-refractivity contribution is -0.125. The fourth-order valence-corrected chi connectivity index (χ4v) is 3.10. The molecule has 20 heavy (non-hydrogen) atoms. The molecule has 0 aromatic carbocycles. The third-order valence-corrected chi connectivity index (χ3v) is 4.59. The maximum atomic E-state index is 12.1. The van der Waals surface area contributed by atoms with Crippen LogP contribution in [0.3, 0.4) is 0 Å². The lowest BCUT2D eigenvalue weighted by atomic mass is 9.77. The summed E-state index contributed by atoms with van der Waals surface area (Å²) < 4.78 is 0. The Morgan fingerprint density at radius 3 is 2.65 bits per heavy atom. The SMILES string of the molecule is CCC[C@]1(CO)CCCN(CC(=O)NC(C)(C)CC)C1. The van der Waals surface area contributed by atoms with Crippen LogP contribution in [-0.4, -0.2) is 47.7 Å². The highest BCUT2D eigenvalue weighted by molar-refractivity contribution is 5.78. The van der Waals surface area contributed by atoms with Gasteiger partial charge in [0.25, 0.3) is 0 Å². The zero-order valence-electron chi connectivity index (χ0n) is 13.7. The smallest absolute Gasteiger partial charge is 0.234 e. The lowest BCUT2D eigenvalue weighted by Crippen LogP contribution is -2.51. The van der Waals surface area contributed by atoms with Crippen LogP contribution in [0.1, 0.15) is 59.8 Å². The number of aliphatic hydroxyl groups is 1. The molecule has 1 fully saturated rings. The number of aliphatic hydroxyl groups excluding tert-OH is 1. The Labute approximate surface area is 123 Å². The number of rotatable bonds is 7. The fraction of sp³-hybridized carbons (Fsp3) is 0.938. The number of hydrogen-bond acceptors (Lipinski definition) is 3. The molecule has 0 aromatic rings. The second-order valence-electron chi connectivity index (χ2n) is 7.01. The van der Waals surface area contributed by atoms with Crippen molar-refractivity contribution in [3.05, 3.63) is 0 Å². The summed E-state index contributed by atoms with van der Waals surface area (Å²) in [5, 5.41) is 12.8. The number of amides is 1. The van der Waals surface area contributed by atoms with Gasteiger partial charge in [0.1, 0.15) is 0 Å². The minimum Gasteiger partial charge on any atom is -0.396 e. The first kappa shape index (κ1) is 17.4. The van der Waals surface area contributed by atoms with Crippen molar-refractivity contribution in [3.63, 3.8) is 0 Å². The number of hydrogen-bond donors (Lipinski definition) is 2. The Morgan fingerprint density at radius 2 is 2.10 bits per heavy atom. The summed E-state index contributed by atoms with van der Waals surface area (Å²) in [6, 6.07) is 0. The number of nitrogens with one attached hydrogen (secondary N) is 1. The highest BCUT2D eigenvalue weighted by Crippen LogP contribution is 2.33. The van der Waals surface area contributed by atoms with Crippen molar-refractivity contribution in [2.45, 2.75) is 65.3 Å². The highest BCUT2D eigenvalue weighted by atomic mass is 16.3. The van der Waals surface area contributed by atoms with Crippen LogP contribution in [0.5, 0.6) is 0 Å². The van der Waals surface area contributed by atoms with Crippen LogP contribution in [-0.2, 0) is 4.79 Å². The van der Waals surface area contributed by atoms with Crippen molar-refractivity contribution in [1.82, 2.24) is 10.2 Å². The van der Waals surface area contributed by atoms with E-state index in [2.05, 4.69) is 37.9 Å². The maximum absolute atomic E-state index is 12.1. The van der Waals surface area contributed by atoms with Gasteiger partial charge in [0.15, 0.2) is 0 Å². The van der Waals surface area contributed by atoms with E-state index in [0.29, 0.717) is 6.54 Å². The molecule has 4 nitrogen and oxygen atoms in total. The van der Waals surface area contributed by atoms with Crippen LogP contribution in [0.4, 0.5) is 0 Å². The second kappa shape index (κ2) is 7.41. The molecule has 2 N–H and O–H groups in total. The molecule has 1 atom stereocenters. The van der Waals surface area contributed by atoms with Crippen LogP contribution in [0.25, 0.3) is 0 Å². The van der Waals surface area contributed by atoms with Crippen LogP contribution in [0.2, 0.25) is 0 Å². The zero-order valence-corrected chi connectivity index (χ0v) is 13.7. The van der Waals surface area contributed by atoms with Crippen LogP contribution in [0.15, 0.2) is 0 Å². The average molecular weight is 284 g/mol. The van der Waals surface area contributed by atoms with Gasteiger partial charge >= 0.3 is 0 Å². The first-order valence-corrected chi connectivity index (χ1v) is 8.00. The maximum Gasteiger partial charge on any atom is 0.234 e. The van der Waals surface area contributed by atoms with Gasteiger partial charge in [-0.3, -0.25) is 9.69 Å². The minimum atomic E-state index is -0.135. The molecule has 1 rings (SSSR count). The van der Waals surface area contributed by atoms with Gasteiger partial charge in [0.2, 0.25) is 5.91 Å². The summed E-state index contributed by atoms with van der Waals surface area (Å²) in [5.74, 6) is 0.0992. The number of likely N-dealkylation sites (tertiary alicyclic amines) is 1. The first-order valence-electron chi connectivity index (χ1n) is 8.00. The predicted molar refractivity (Wildman–Crippen MR) is 82.6 cm³/mol. The molecule has 0 saturated carbocycles. The molecule has 0 aliphatic carbocycles. The number of carbonyl (C=O) groups excluding carboxylic acids is 1. The molecule has 1 aliphatic rings. The average Bonchev–Trinajstić information content (AvgIpc) is 2.38. The number of nitrogens with zero attached hydrogens (tertiary/aromatic N) is 1. The van der Waals surface area contributed by atoms with E-state index in [1.807, 2.05) is 0 Å². The molecule has 1 amide bonds. The van der Waals surface area contributed by atoms with E-state index in [-0.39, 0.29) is 23.5 Å². The van der Waals surface area contributed by atoms with Gasteiger partial charge in [-0.05, 0) is 46.1 Å². The summed E-state index contributed by atoms with van der Waals surface area (Å²) in [6.07, 6.45) is 5.21. The van der Waals surface area contributed by atoms with E-state index in [1.165, 1.54) is 0 Å². The Kier molecular flexibility index (Phi) is 6.46. The van der Waals surface area contributed by atoms with Crippen molar-refractivity contribution in [1.29, 1.82) is 0 Å². The molecule has 118 valence electrons. The molecule has 0 bridgehead atoms. The molecule has 1 saturated heterocycles. The summed E-state index contributed by atoms with van der Waals surface area (Å²) in [7, 11) is 0. The molecular weight excluding hydrogens is 252 g/mol. The van der Waals surface area contributed by atoms with Gasteiger partial charge in [-0.25, -0.2) is 0 Å². The van der Waals surface area contributed by atoms with Crippen molar-refractivity contribution >= 4 is 5.91 Å². The lowest BCUT2D eigenvalue weighted by Gasteiger charge is -2.42. The predicted octanol–water partition coefficient (Wildman–Crippen LogP) is 2.17. The third-order valence-electron chi connectivity index (χ3n) is 4.59. The summed E-state index contributed by atoms with van der Waals surface area (Å²) in [4.78, 5) is 14.3. The molecule has 1 aliphatic heterocycles. The van der Waals surface area contributed by atoms with Gasteiger partial charge in [-0.15, -0.1) is 0 Å². The Balaban J connectivity index is 2.53. The summed E-state index contributed by atoms with van der Waals surface area (Å²) in [6.45, 7) is 10.8. The van der Waals surface area contributed by atoms with Crippen molar-refractivity contribution in [2.24, 2.45) is 5.41 Å². The standard InChI is InChI=1S/C16H32N2O2/c1-5-8-16(13-19)9-7-10-18(12-16)11-14(20)17-15(3,4)6-2/h19H,5-13H2,1-4H3,(H,17,20)/t16-/m0/s1. The third kappa shape index (κ3) is 5.06. The van der Waals surface area contributed by atoms with Crippen LogP contribution >= 0.6 is 0 Å². The molecule has 0 spiro atoms. The zero-order chi connectivity index (χ0) is 15.2. The second-order valence-corrected chi connectivity index (χ2v) is 7.01. The molecular formula is C16H32N2O2. The van der Waals surface area contributed by atoms with Gasteiger partial charge in [0, 0.05) is 24.1 Å². The molecule has 1 heterocycles. The van der Waals surface area contributed by atoms with Crippen molar-refractivity contribution < 1.29 is 9.90 Å². The quantitative estimate of drug-likeness (QED) is 0.753. The van der Waals surface area contributed by atoms with E-state index in [1.54, 1.807) is 0 Å². The minimum absolute atomic E-state index is 0.00749. The topological polar surface area (TPSA) is 52.6 Å². The van der Waals surface area contributed by atoms with E-state index in [0.717, 1.165) is 45.2 Å². The van der Waals surface area contributed by atoms with E-state index in [4.69, 9.17) is 0 Å². The van der Waals surface area contributed by atoms with E-state index < -0.39 is 0 Å². The van der Waals surface area contributed by atoms with Crippen LogP contribution < -0.4 is 5.32 Å². The number of carbonyl (C=O) groups is 1. The largest absolute Gasteiger partial charge is 0.396 e. The van der Waals surface area contributed by atoms with Gasteiger partial charge in [0.05, 0.1) is 6.54 Å².